The number of likely N-dealkylation sites (tertiary alicyclic amines) is 1. The van der Waals surface area contributed by atoms with Gasteiger partial charge in [0.1, 0.15) is 48.2 Å². The Labute approximate surface area is 364 Å². The predicted octanol–water partition coefficient (Wildman–Crippen LogP) is 5.27. The van der Waals surface area contributed by atoms with Crippen molar-refractivity contribution in [2.75, 3.05) is 20.2 Å². The van der Waals surface area contributed by atoms with Crippen LogP contribution in [0.4, 0.5) is 4.79 Å². The molecule has 1 unspecified atom stereocenters. The van der Waals surface area contributed by atoms with Gasteiger partial charge in [-0.2, -0.15) is 0 Å². The van der Waals surface area contributed by atoms with E-state index >= 15 is 0 Å². The Morgan fingerprint density at radius 1 is 0.903 bits per heavy atom. The summed E-state index contributed by atoms with van der Waals surface area (Å²) in [5, 5.41) is 20.5. The van der Waals surface area contributed by atoms with Crippen LogP contribution in [0.3, 0.4) is 0 Å². The fourth-order valence-electron chi connectivity index (χ4n) is 7.20. The summed E-state index contributed by atoms with van der Waals surface area (Å²) < 4.78 is 10.9. The molecule has 4 N–H and O–H groups in total. The Balaban J connectivity index is 1.62. The van der Waals surface area contributed by atoms with E-state index in [-0.39, 0.29) is 38.3 Å². The van der Waals surface area contributed by atoms with Crippen LogP contribution in [-0.2, 0) is 41.6 Å². The lowest BCUT2D eigenvalue weighted by atomic mass is 9.85. The van der Waals surface area contributed by atoms with Gasteiger partial charge in [-0.25, -0.2) is 9.59 Å². The number of hydrogen-bond donors (Lipinski definition) is 4. The quantitative estimate of drug-likeness (QED) is 0.104. The molecular formula is C48H61N5O9. The van der Waals surface area contributed by atoms with Gasteiger partial charge in [0, 0.05) is 26.4 Å². The Morgan fingerprint density at radius 3 is 2.13 bits per heavy atom. The molecular weight excluding hydrogens is 791 g/mol. The fourth-order valence-corrected chi connectivity index (χ4v) is 7.20. The highest BCUT2D eigenvalue weighted by molar-refractivity contribution is 5.96. The SMILES string of the molecule is C#CCOc1ccc(CC(NC(=O)[C@H](Cc2ccc3ccccc3c2)NC(=O)[C@@H]2C[C@H](CC=C)CN2C(=O)[C@@H](NC(=O)[C@H](C)N(C)C(=O)OC(C)(C)C)C(C)(C)C)C(=O)O)cc1. The second kappa shape index (κ2) is 20.9. The molecule has 4 rings (SSSR count). The lowest BCUT2D eigenvalue weighted by Crippen LogP contribution is -2.61. The maximum absolute atomic E-state index is 14.6. The van der Waals surface area contributed by atoms with E-state index in [1.165, 1.54) is 18.9 Å². The molecule has 0 saturated carbocycles. The maximum atomic E-state index is 14.6. The van der Waals surface area contributed by atoms with Gasteiger partial charge in [0.25, 0.3) is 0 Å². The number of benzene rings is 3. The van der Waals surface area contributed by atoms with Crippen LogP contribution in [0.15, 0.2) is 79.4 Å². The molecule has 5 amide bonds. The third-order valence-corrected chi connectivity index (χ3v) is 10.7. The van der Waals surface area contributed by atoms with E-state index in [9.17, 15) is 33.9 Å². The number of amides is 5. The number of rotatable bonds is 17. The second-order valence-electron chi connectivity index (χ2n) is 17.9. The van der Waals surface area contributed by atoms with Crippen molar-refractivity contribution in [3.05, 3.63) is 90.5 Å². The van der Waals surface area contributed by atoms with Crippen LogP contribution in [0, 0.1) is 23.7 Å². The lowest BCUT2D eigenvalue weighted by molar-refractivity contribution is -0.145. The Kier molecular flexibility index (Phi) is 16.3. The van der Waals surface area contributed by atoms with Crippen LogP contribution in [-0.4, -0.2) is 107 Å². The van der Waals surface area contributed by atoms with Crippen LogP contribution in [0.1, 0.15) is 72.4 Å². The number of fused-ring (bicyclic) bond motifs is 1. The first-order valence-corrected chi connectivity index (χ1v) is 20.8. The minimum absolute atomic E-state index is 0.0104. The zero-order valence-electron chi connectivity index (χ0n) is 37.0. The Morgan fingerprint density at radius 2 is 1.53 bits per heavy atom. The predicted molar refractivity (Wildman–Crippen MR) is 237 cm³/mol. The number of allylic oxidation sites excluding steroid dienone is 1. The smallest absolute Gasteiger partial charge is 0.410 e. The highest BCUT2D eigenvalue weighted by atomic mass is 16.6. The van der Waals surface area contributed by atoms with E-state index in [1.54, 1.807) is 71.9 Å². The van der Waals surface area contributed by atoms with Crippen molar-refractivity contribution < 1.29 is 43.3 Å². The summed E-state index contributed by atoms with van der Waals surface area (Å²) in [4.78, 5) is 85.0. The van der Waals surface area contributed by atoms with Crippen molar-refractivity contribution >= 4 is 46.5 Å². The van der Waals surface area contributed by atoms with Crippen LogP contribution in [0.5, 0.6) is 5.75 Å². The van der Waals surface area contributed by atoms with Gasteiger partial charge in [0.15, 0.2) is 0 Å². The summed E-state index contributed by atoms with van der Waals surface area (Å²) in [5.74, 6) is -0.990. The summed E-state index contributed by atoms with van der Waals surface area (Å²) in [6.45, 7) is 16.1. The average molecular weight is 852 g/mol. The number of aliphatic carboxylic acids is 1. The Hall–Kier alpha value is -6.36. The highest BCUT2D eigenvalue weighted by Crippen LogP contribution is 2.31. The molecule has 1 saturated heterocycles. The largest absolute Gasteiger partial charge is 0.481 e. The van der Waals surface area contributed by atoms with Gasteiger partial charge in [0.2, 0.25) is 23.6 Å². The molecule has 0 bridgehead atoms. The summed E-state index contributed by atoms with van der Waals surface area (Å²) in [7, 11) is 1.44. The number of ether oxygens (including phenoxy) is 2. The molecule has 332 valence electrons. The zero-order valence-corrected chi connectivity index (χ0v) is 37.0. The molecule has 14 nitrogen and oxygen atoms in total. The van der Waals surface area contributed by atoms with E-state index in [2.05, 4.69) is 28.4 Å². The van der Waals surface area contributed by atoms with Crippen LogP contribution >= 0.6 is 0 Å². The minimum Gasteiger partial charge on any atom is -0.481 e. The van der Waals surface area contributed by atoms with Gasteiger partial charge < -0.3 is 35.4 Å². The minimum atomic E-state index is -1.36. The summed E-state index contributed by atoms with van der Waals surface area (Å²) in [6.07, 6.45) is 6.97. The molecule has 62 heavy (non-hydrogen) atoms. The molecule has 0 spiro atoms. The molecule has 14 heteroatoms. The van der Waals surface area contributed by atoms with Crippen molar-refractivity contribution in [1.82, 2.24) is 25.8 Å². The molecule has 6 atom stereocenters. The summed E-state index contributed by atoms with van der Waals surface area (Å²) in [6, 6.07) is 14.2. The molecule has 1 fully saturated rings. The summed E-state index contributed by atoms with van der Waals surface area (Å²) >= 11 is 0. The molecule has 1 aliphatic heterocycles. The zero-order chi connectivity index (χ0) is 45.9. The van der Waals surface area contributed by atoms with Gasteiger partial charge in [-0.3, -0.25) is 24.1 Å². The number of terminal acetylenes is 1. The number of carboxylic acids is 1. The van der Waals surface area contributed by atoms with Gasteiger partial charge in [-0.1, -0.05) is 87.4 Å². The third kappa shape index (κ3) is 13.3. The molecule has 0 aliphatic carbocycles. The van der Waals surface area contributed by atoms with Gasteiger partial charge >= 0.3 is 12.1 Å². The van der Waals surface area contributed by atoms with Gasteiger partial charge in [0.05, 0.1) is 0 Å². The lowest BCUT2D eigenvalue weighted by Gasteiger charge is -2.37. The fraction of sp³-hybridized carbons (Fsp3) is 0.458. The number of nitrogens with one attached hydrogen (secondary N) is 3. The first kappa shape index (κ1) is 48.3. The van der Waals surface area contributed by atoms with E-state index in [4.69, 9.17) is 15.9 Å². The molecule has 3 aromatic carbocycles. The highest BCUT2D eigenvalue weighted by Gasteiger charge is 2.46. The van der Waals surface area contributed by atoms with Crippen molar-refractivity contribution in [1.29, 1.82) is 0 Å². The van der Waals surface area contributed by atoms with Crippen LogP contribution in [0.2, 0.25) is 0 Å². The van der Waals surface area contributed by atoms with E-state index in [0.29, 0.717) is 23.3 Å². The van der Waals surface area contributed by atoms with Crippen molar-refractivity contribution in [3.63, 3.8) is 0 Å². The molecule has 1 heterocycles. The summed E-state index contributed by atoms with van der Waals surface area (Å²) in [5.41, 5.74) is -0.310. The first-order valence-electron chi connectivity index (χ1n) is 20.8. The number of carboxylic acid groups (broad SMARTS) is 1. The van der Waals surface area contributed by atoms with Gasteiger partial charge in [-0.05, 0) is 85.9 Å². The van der Waals surface area contributed by atoms with Crippen LogP contribution in [0.25, 0.3) is 10.8 Å². The van der Waals surface area contributed by atoms with Crippen molar-refractivity contribution in [2.45, 2.75) is 110 Å². The topological polar surface area (TPSA) is 184 Å². The number of hydrogen-bond acceptors (Lipinski definition) is 8. The normalized spacial score (nSPS) is 17.0. The van der Waals surface area contributed by atoms with Crippen molar-refractivity contribution in [2.24, 2.45) is 11.3 Å². The number of likely N-dealkylation sites (N-methyl/N-ethyl adjacent to an activating group) is 1. The second-order valence-corrected chi connectivity index (χ2v) is 17.9. The van der Waals surface area contributed by atoms with Crippen LogP contribution < -0.4 is 20.7 Å². The number of carbonyl (C=O) groups is 6. The first-order chi connectivity index (χ1) is 29.1. The average Bonchev–Trinajstić information content (AvgIpc) is 3.64. The third-order valence-electron chi connectivity index (χ3n) is 10.7. The number of nitrogens with zero attached hydrogens (tertiary/aromatic N) is 2. The molecule has 3 aromatic rings. The number of carbonyl (C=O) groups excluding carboxylic acids is 5. The maximum Gasteiger partial charge on any atom is 0.410 e. The Bertz CT molecular complexity index is 2150. The van der Waals surface area contributed by atoms with E-state index < -0.39 is 76.9 Å². The molecule has 1 aliphatic rings. The van der Waals surface area contributed by atoms with E-state index in [1.807, 2.05) is 42.5 Å². The van der Waals surface area contributed by atoms with Gasteiger partial charge in [-0.15, -0.1) is 13.0 Å². The standard InChI is InChI=1S/C48H61N5O9/c1-11-15-33-28-39(53(29-33)44(57)40(47(4,5)6)51-41(54)30(3)52(10)46(60)62-48(7,8)9)43(56)49-37(27-32-18-21-34-16-13-14-17-35(34)25-32)42(55)50-38(45(58)59)26-31-19-22-36(23-20-31)61-24-12-2/h2,11,13-14,16-23,25,30,33,37-40H,1,15,24,26-29H2,3-10H3,(H,49,56)(H,50,55)(H,51,54)(H,58,59)/t30-,33-,37-,38?,39-,40+/m0/s1. The molecule has 0 aromatic heterocycles. The van der Waals surface area contributed by atoms with E-state index in [0.717, 1.165) is 15.7 Å². The monoisotopic (exact) mass is 851 g/mol. The molecule has 0 radical (unpaired) electrons. The van der Waals surface area contributed by atoms with Crippen molar-refractivity contribution in [3.8, 4) is 18.1 Å².